The van der Waals surface area contributed by atoms with E-state index in [1.165, 1.54) is 0 Å². The Kier molecular flexibility index (Phi) is 4.83. The van der Waals surface area contributed by atoms with E-state index in [1.54, 1.807) is 0 Å². The van der Waals surface area contributed by atoms with Crippen LogP contribution in [0.2, 0.25) is 0 Å². The molecule has 1 heterocycles. The van der Waals surface area contributed by atoms with Gasteiger partial charge in [0, 0.05) is 25.2 Å². The van der Waals surface area contributed by atoms with Crippen LogP contribution in [0, 0.1) is 5.92 Å². The fourth-order valence-corrected chi connectivity index (χ4v) is 2.42. The zero-order valence-corrected chi connectivity index (χ0v) is 12.0. The monoisotopic (exact) mass is 263 g/mol. The van der Waals surface area contributed by atoms with Gasteiger partial charge in [0.1, 0.15) is 5.75 Å². The lowest BCUT2D eigenvalue weighted by Crippen LogP contribution is -2.42. The molecule has 0 aliphatic carbocycles. The topological polar surface area (TPSA) is 44.5 Å². The van der Waals surface area contributed by atoms with Gasteiger partial charge in [0.2, 0.25) is 0 Å². The first-order valence-corrected chi connectivity index (χ1v) is 7.21. The molecule has 1 aliphatic heterocycles. The highest BCUT2D eigenvalue weighted by Gasteiger charge is 2.33. The summed E-state index contributed by atoms with van der Waals surface area (Å²) in [5.74, 6) is 1.62. The molecule has 0 amide bonds. The molecule has 0 aromatic heterocycles. The van der Waals surface area contributed by atoms with Crippen LogP contribution in [0.3, 0.4) is 0 Å². The summed E-state index contributed by atoms with van der Waals surface area (Å²) >= 11 is 0. The minimum Gasteiger partial charge on any atom is -0.493 e. The Morgan fingerprint density at radius 1 is 1.32 bits per heavy atom. The zero-order valence-electron chi connectivity index (χ0n) is 12.0. The minimum absolute atomic E-state index is 0.299. The fourth-order valence-electron chi connectivity index (χ4n) is 2.42. The van der Waals surface area contributed by atoms with Gasteiger partial charge in [0.15, 0.2) is 0 Å². The molecular weight excluding hydrogens is 238 g/mol. The second-order valence-electron chi connectivity index (χ2n) is 5.80. The van der Waals surface area contributed by atoms with Crippen molar-refractivity contribution < 1.29 is 9.47 Å². The number of nitrogens with two attached hydrogens (primary N) is 1. The van der Waals surface area contributed by atoms with Gasteiger partial charge in [-0.05, 0) is 24.8 Å². The maximum atomic E-state index is 6.55. The van der Waals surface area contributed by atoms with Gasteiger partial charge in [-0.3, -0.25) is 0 Å². The second kappa shape index (κ2) is 6.40. The van der Waals surface area contributed by atoms with E-state index >= 15 is 0 Å². The lowest BCUT2D eigenvalue weighted by atomic mass is 9.83. The Morgan fingerprint density at radius 3 is 2.89 bits per heavy atom. The van der Waals surface area contributed by atoms with Crippen LogP contribution in [-0.4, -0.2) is 19.8 Å². The molecule has 0 radical (unpaired) electrons. The molecule has 0 fully saturated rings. The number of ether oxygens (including phenoxy) is 2. The first kappa shape index (κ1) is 14.4. The average molecular weight is 263 g/mol. The molecule has 0 saturated heterocycles. The predicted octanol–water partition coefficient (Wildman–Crippen LogP) is 3.08. The van der Waals surface area contributed by atoms with Crippen molar-refractivity contribution in [2.45, 2.75) is 38.6 Å². The Labute approximate surface area is 116 Å². The van der Waals surface area contributed by atoms with E-state index in [4.69, 9.17) is 15.2 Å². The first-order chi connectivity index (χ1) is 9.12. The van der Waals surface area contributed by atoms with Crippen molar-refractivity contribution in [3.8, 4) is 5.75 Å². The Hall–Kier alpha value is -1.06. The molecule has 2 rings (SSSR count). The number of para-hydroxylation sites is 1. The predicted molar refractivity (Wildman–Crippen MR) is 77.3 cm³/mol. The van der Waals surface area contributed by atoms with Gasteiger partial charge in [-0.1, -0.05) is 32.0 Å². The summed E-state index contributed by atoms with van der Waals surface area (Å²) in [5.41, 5.74) is 7.37. The average Bonchev–Trinajstić information content (AvgIpc) is 2.38. The number of hydrogen-bond donors (Lipinski definition) is 1. The van der Waals surface area contributed by atoms with Crippen molar-refractivity contribution in [1.29, 1.82) is 0 Å². The van der Waals surface area contributed by atoms with E-state index in [2.05, 4.69) is 19.9 Å². The van der Waals surface area contributed by atoms with E-state index in [9.17, 15) is 0 Å². The second-order valence-corrected chi connectivity index (χ2v) is 5.80. The van der Waals surface area contributed by atoms with Crippen LogP contribution in [0.15, 0.2) is 24.3 Å². The molecule has 0 saturated carbocycles. The standard InChI is InChI=1S/C16H25NO2/c1-13(2)7-10-18-11-8-16(17)9-12-19-15-6-4-3-5-14(15)16/h3-6,13H,7-12,17H2,1-2H3. The minimum atomic E-state index is -0.299. The van der Waals surface area contributed by atoms with Crippen LogP contribution in [0.5, 0.6) is 5.75 Å². The summed E-state index contributed by atoms with van der Waals surface area (Å²) in [5, 5.41) is 0. The van der Waals surface area contributed by atoms with Crippen molar-refractivity contribution >= 4 is 0 Å². The van der Waals surface area contributed by atoms with E-state index in [-0.39, 0.29) is 5.54 Å². The van der Waals surface area contributed by atoms with Crippen molar-refractivity contribution in [2.24, 2.45) is 11.7 Å². The smallest absolute Gasteiger partial charge is 0.124 e. The molecule has 3 nitrogen and oxygen atoms in total. The SMILES string of the molecule is CC(C)CCOCCC1(N)CCOc2ccccc21. The summed E-state index contributed by atoms with van der Waals surface area (Å²) in [6.07, 6.45) is 2.82. The molecule has 1 atom stereocenters. The summed E-state index contributed by atoms with van der Waals surface area (Å²) in [6, 6.07) is 8.08. The third kappa shape index (κ3) is 3.71. The number of rotatable bonds is 6. The van der Waals surface area contributed by atoms with Crippen LogP contribution in [0.1, 0.15) is 38.7 Å². The molecule has 19 heavy (non-hydrogen) atoms. The van der Waals surface area contributed by atoms with Crippen LogP contribution >= 0.6 is 0 Å². The molecule has 0 spiro atoms. The van der Waals surface area contributed by atoms with E-state index in [0.717, 1.165) is 43.8 Å². The van der Waals surface area contributed by atoms with Crippen molar-refractivity contribution in [3.63, 3.8) is 0 Å². The normalized spacial score (nSPS) is 22.1. The molecule has 106 valence electrons. The molecule has 2 N–H and O–H groups in total. The number of benzene rings is 1. The molecule has 3 heteroatoms. The highest BCUT2D eigenvalue weighted by molar-refractivity contribution is 5.40. The first-order valence-electron chi connectivity index (χ1n) is 7.21. The van der Waals surface area contributed by atoms with E-state index in [1.807, 2.05) is 18.2 Å². The highest BCUT2D eigenvalue weighted by atomic mass is 16.5. The highest BCUT2D eigenvalue weighted by Crippen LogP contribution is 2.37. The molecule has 1 aromatic rings. The third-order valence-electron chi connectivity index (χ3n) is 3.76. The summed E-state index contributed by atoms with van der Waals surface area (Å²) in [6.45, 7) is 6.66. The van der Waals surface area contributed by atoms with Crippen molar-refractivity contribution in [1.82, 2.24) is 0 Å². The van der Waals surface area contributed by atoms with Gasteiger partial charge in [-0.15, -0.1) is 0 Å². The summed E-state index contributed by atoms with van der Waals surface area (Å²) < 4.78 is 11.4. The van der Waals surface area contributed by atoms with Gasteiger partial charge in [0.25, 0.3) is 0 Å². The van der Waals surface area contributed by atoms with Crippen molar-refractivity contribution in [2.75, 3.05) is 19.8 Å². The van der Waals surface area contributed by atoms with Gasteiger partial charge in [-0.2, -0.15) is 0 Å². The summed E-state index contributed by atoms with van der Waals surface area (Å²) in [7, 11) is 0. The molecule has 1 aliphatic rings. The fraction of sp³-hybridized carbons (Fsp3) is 0.625. The summed E-state index contributed by atoms with van der Waals surface area (Å²) in [4.78, 5) is 0. The Balaban J connectivity index is 1.89. The zero-order chi connectivity index (χ0) is 13.7. The van der Waals surface area contributed by atoms with Gasteiger partial charge in [-0.25, -0.2) is 0 Å². The third-order valence-corrected chi connectivity index (χ3v) is 3.76. The molecular formula is C16H25NO2. The largest absolute Gasteiger partial charge is 0.493 e. The molecule has 1 unspecified atom stereocenters. The van der Waals surface area contributed by atoms with Crippen molar-refractivity contribution in [3.05, 3.63) is 29.8 Å². The number of fused-ring (bicyclic) bond motifs is 1. The van der Waals surface area contributed by atoms with Crippen LogP contribution < -0.4 is 10.5 Å². The Morgan fingerprint density at radius 2 is 2.11 bits per heavy atom. The van der Waals surface area contributed by atoms with Gasteiger partial charge < -0.3 is 15.2 Å². The van der Waals surface area contributed by atoms with Crippen LogP contribution in [0.25, 0.3) is 0 Å². The van der Waals surface area contributed by atoms with Gasteiger partial charge in [0.05, 0.1) is 12.1 Å². The maximum absolute atomic E-state index is 6.55. The lowest BCUT2D eigenvalue weighted by Gasteiger charge is -2.35. The molecule has 0 bridgehead atoms. The number of hydrogen-bond acceptors (Lipinski definition) is 3. The maximum Gasteiger partial charge on any atom is 0.124 e. The Bertz CT molecular complexity index is 405. The quantitative estimate of drug-likeness (QED) is 0.802. The van der Waals surface area contributed by atoms with E-state index in [0.29, 0.717) is 12.5 Å². The van der Waals surface area contributed by atoms with E-state index < -0.39 is 0 Å². The van der Waals surface area contributed by atoms with Crippen LogP contribution in [-0.2, 0) is 10.3 Å². The molecule has 1 aromatic carbocycles. The van der Waals surface area contributed by atoms with Crippen LogP contribution in [0.4, 0.5) is 0 Å². The lowest BCUT2D eigenvalue weighted by molar-refractivity contribution is 0.0941. The van der Waals surface area contributed by atoms with Gasteiger partial charge >= 0.3 is 0 Å².